The lowest BCUT2D eigenvalue weighted by atomic mass is 10.0. The van der Waals surface area contributed by atoms with E-state index >= 15 is 0 Å². The zero-order chi connectivity index (χ0) is 19.6. The van der Waals surface area contributed by atoms with Gasteiger partial charge in [0.05, 0.1) is 10.8 Å². The summed E-state index contributed by atoms with van der Waals surface area (Å²) in [4.78, 5) is 11.4. The van der Waals surface area contributed by atoms with Gasteiger partial charge in [-0.2, -0.15) is 13.2 Å². The molecule has 0 saturated heterocycles. The minimum Gasteiger partial charge on any atom is -0.345 e. The highest BCUT2D eigenvalue weighted by atomic mass is 32.2. The predicted molar refractivity (Wildman–Crippen MR) is 99.1 cm³/mol. The summed E-state index contributed by atoms with van der Waals surface area (Å²) in [5.74, 6) is -0.909. The van der Waals surface area contributed by atoms with Crippen molar-refractivity contribution in [3.63, 3.8) is 0 Å². The number of benzene rings is 1. The summed E-state index contributed by atoms with van der Waals surface area (Å²) in [6.07, 6.45) is 2.40. The number of halogens is 3. The molecule has 1 amide bonds. The molecular formula is C19H26F3NO2S. The van der Waals surface area contributed by atoms with Gasteiger partial charge in [-0.15, -0.1) is 0 Å². The van der Waals surface area contributed by atoms with Gasteiger partial charge in [-0.3, -0.25) is 9.00 Å². The van der Waals surface area contributed by atoms with Crippen molar-refractivity contribution in [2.75, 3.05) is 12.3 Å². The van der Waals surface area contributed by atoms with E-state index in [2.05, 4.69) is 13.8 Å². The lowest BCUT2D eigenvalue weighted by molar-refractivity contribution is -0.173. The smallest absolute Gasteiger partial charge is 0.345 e. The summed E-state index contributed by atoms with van der Waals surface area (Å²) in [6.45, 7) is 4.02. The summed E-state index contributed by atoms with van der Waals surface area (Å²) in [6, 6.07) is 7.12. The summed E-state index contributed by atoms with van der Waals surface area (Å²) >= 11 is 0. The number of rotatable bonds is 10. The Labute approximate surface area is 155 Å². The standard InChI is InChI=1S/C19H26F3NO2S/c1-3-7-16(8-4-2)14-26(25)17-11-5-9-15(13-17)10-6-12-23-18(24)19(20,21)22/h5-6,9-11,13,16H,3-4,7-8,12,14H2,1-2H3,(H,23,24). The van der Waals surface area contributed by atoms with E-state index in [-0.39, 0.29) is 6.54 Å². The van der Waals surface area contributed by atoms with Crippen molar-refractivity contribution in [2.45, 2.75) is 50.6 Å². The molecule has 1 unspecified atom stereocenters. The number of hydrogen-bond acceptors (Lipinski definition) is 2. The van der Waals surface area contributed by atoms with E-state index in [4.69, 9.17) is 0 Å². The highest BCUT2D eigenvalue weighted by Crippen LogP contribution is 2.19. The molecule has 1 aromatic carbocycles. The zero-order valence-electron chi connectivity index (χ0n) is 15.1. The van der Waals surface area contributed by atoms with Gasteiger partial charge in [0.25, 0.3) is 0 Å². The first-order valence-corrected chi connectivity index (χ1v) is 10.1. The van der Waals surface area contributed by atoms with Crippen molar-refractivity contribution in [3.05, 3.63) is 35.9 Å². The van der Waals surface area contributed by atoms with Crippen molar-refractivity contribution in [1.82, 2.24) is 5.32 Å². The third kappa shape index (κ3) is 8.17. The van der Waals surface area contributed by atoms with E-state index in [0.29, 0.717) is 16.6 Å². The molecule has 1 aromatic rings. The van der Waals surface area contributed by atoms with Crippen LogP contribution in [0.3, 0.4) is 0 Å². The van der Waals surface area contributed by atoms with Crippen LogP contribution in [0.25, 0.3) is 6.08 Å². The van der Waals surface area contributed by atoms with E-state index in [1.165, 1.54) is 6.08 Å². The van der Waals surface area contributed by atoms with Gasteiger partial charge >= 0.3 is 12.1 Å². The van der Waals surface area contributed by atoms with Crippen molar-refractivity contribution in [3.8, 4) is 0 Å². The zero-order valence-corrected chi connectivity index (χ0v) is 16.0. The van der Waals surface area contributed by atoms with Crippen molar-refractivity contribution >= 4 is 22.8 Å². The maximum Gasteiger partial charge on any atom is 0.471 e. The first kappa shape index (κ1) is 22.4. The van der Waals surface area contributed by atoms with Crippen LogP contribution in [0.5, 0.6) is 0 Å². The third-order valence-electron chi connectivity index (χ3n) is 3.85. The molecule has 0 aliphatic rings. The minimum atomic E-state index is -4.88. The molecule has 1 N–H and O–H groups in total. The molecule has 0 aromatic heterocycles. The lowest BCUT2D eigenvalue weighted by Crippen LogP contribution is -2.36. The quantitative estimate of drug-likeness (QED) is 0.630. The Morgan fingerprint density at radius 3 is 2.46 bits per heavy atom. The van der Waals surface area contributed by atoms with Crippen LogP contribution in [0.2, 0.25) is 0 Å². The highest BCUT2D eigenvalue weighted by Gasteiger charge is 2.37. The van der Waals surface area contributed by atoms with Crippen LogP contribution in [-0.2, 0) is 15.6 Å². The Bertz CT molecular complexity index is 623. The number of nitrogens with one attached hydrogen (secondary N) is 1. The molecule has 0 spiro atoms. The average molecular weight is 389 g/mol. The lowest BCUT2D eigenvalue weighted by Gasteiger charge is -2.14. The maximum atomic E-state index is 12.6. The minimum absolute atomic E-state index is 0.221. The van der Waals surface area contributed by atoms with Gasteiger partial charge < -0.3 is 5.32 Å². The van der Waals surface area contributed by atoms with E-state index in [9.17, 15) is 22.2 Å². The molecule has 0 aliphatic heterocycles. The van der Waals surface area contributed by atoms with Crippen molar-refractivity contribution < 1.29 is 22.2 Å². The Morgan fingerprint density at radius 2 is 1.88 bits per heavy atom. The molecule has 146 valence electrons. The van der Waals surface area contributed by atoms with Crippen molar-refractivity contribution in [1.29, 1.82) is 0 Å². The third-order valence-corrected chi connectivity index (χ3v) is 5.40. The van der Waals surface area contributed by atoms with Gasteiger partial charge in [0, 0.05) is 17.2 Å². The topological polar surface area (TPSA) is 46.2 Å². The molecule has 0 radical (unpaired) electrons. The van der Waals surface area contributed by atoms with Crippen molar-refractivity contribution in [2.24, 2.45) is 5.92 Å². The Balaban J connectivity index is 2.65. The predicted octanol–water partition coefficient (Wildman–Crippen LogP) is 4.70. The number of amides is 1. The van der Waals surface area contributed by atoms with Crippen LogP contribution in [0.15, 0.2) is 35.2 Å². The van der Waals surface area contributed by atoms with Gasteiger partial charge in [0.1, 0.15) is 0 Å². The Morgan fingerprint density at radius 1 is 1.23 bits per heavy atom. The first-order chi connectivity index (χ1) is 12.3. The fourth-order valence-corrected chi connectivity index (χ4v) is 4.10. The molecule has 0 aliphatic carbocycles. The summed E-state index contributed by atoms with van der Waals surface area (Å²) < 4.78 is 48.8. The molecule has 0 heterocycles. The molecular weight excluding hydrogens is 363 g/mol. The molecule has 1 rings (SSSR count). The van der Waals surface area contributed by atoms with Crippen LogP contribution in [-0.4, -0.2) is 28.6 Å². The molecule has 0 fully saturated rings. The molecule has 26 heavy (non-hydrogen) atoms. The van der Waals surface area contributed by atoms with Crippen LogP contribution in [0, 0.1) is 5.92 Å². The first-order valence-electron chi connectivity index (χ1n) is 8.77. The molecule has 1 atom stereocenters. The SMILES string of the molecule is CCCC(CCC)CS(=O)c1cccc(C=CCNC(=O)C(F)(F)F)c1. The summed E-state index contributed by atoms with van der Waals surface area (Å²) in [5, 5.41) is 1.77. The monoisotopic (exact) mass is 389 g/mol. The van der Waals surface area contributed by atoms with E-state index < -0.39 is 22.9 Å². The second-order valence-electron chi connectivity index (χ2n) is 6.14. The van der Waals surface area contributed by atoms with Gasteiger partial charge in [-0.25, -0.2) is 0 Å². The number of hydrogen-bond donors (Lipinski definition) is 1. The maximum absolute atomic E-state index is 12.6. The molecule has 0 saturated carbocycles. The van der Waals surface area contributed by atoms with E-state index in [1.54, 1.807) is 35.7 Å². The largest absolute Gasteiger partial charge is 0.471 e. The second-order valence-corrected chi connectivity index (χ2v) is 7.63. The van der Waals surface area contributed by atoms with Crippen LogP contribution < -0.4 is 5.32 Å². The summed E-state index contributed by atoms with van der Waals surface area (Å²) in [7, 11) is -1.11. The van der Waals surface area contributed by atoms with E-state index in [0.717, 1.165) is 31.2 Å². The Kier molecular flexibility index (Phi) is 9.62. The van der Waals surface area contributed by atoms with Crippen LogP contribution in [0.1, 0.15) is 45.1 Å². The van der Waals surface area contributed by atoms with Gasteiger partial charge in [0.2, 0.25) is 0 Å². The van der Waals surface area contributed by atoms with E-state index in [1.807, 2.05) is 0 Å². The molecule has 7 heteroatoms. The number of alkyl halides is 3. The van der Waals surface area contributed by atoms with Crippen LogP contribution in [0.4, 0.5) is 13.2 Å². The normalized spacial score (nSPS) is 13.3. The average Bonchev–Trinajstić information content (AvgIpc) is 2.58. The number of carbonyl (C=O) groups is 1. The Hall–Kier alpha value is -1.63. The number of carbonyl (C=O) groups excluding carboxylic acids is 1. The fourth-order valence-electron chi connectivity index (χ4n) is 2.64. The fraction of sp³-hybridized carbons (Fsp3) is 0.526. The molecule has 0 bridgehead atoms. The summed E-state index contributed by atoms with van der Waals surface area (Å²) in [5.41, 5.74) is 0.736. The second kappa shape index (κ2) is 11.2. The molecule has 3 nitrogen and oxygen atoms in total. The highest BCUT2D eigenvalue weighted by molar-refractivity contribution is 7.85. The van der Waals surface area contributed by atoms with Gasteiger partial charge in [-0.1, -0.05) is 51.0 Å². The van der Waals surface area contributed by atoms with Gasteiger partial charge in [-0.05, 0) is 36.5 Å². The van der Waals surface area contributed by atoms with Gasteiger partial charge in [0.15, 0.2) is 0 Å². The van der Waals surface area contributed by atoms with Crippen LogP contribution >= 0.6 is 0 Å².